The molecule has 0 aromatic heterocycles. The Labute approximate surface area is 101 Å². The molecule has 0 radical (unpaired) electrons. The van der Waals surface area contributed by atoms with E-state index in [9.17, 15) is 13.2 Å². The van der Waals surface area contributed by atoms with E-state index < -0.39 is 13.0 Å². The Morgan fingerprint density at radius 1 is 1.35 bits per heavy atom. The summed E-state index contributed by atoms with van der Waals surface area (Å²) < 4.78 is 43.7. The van der Waals surface area contributed by atoms with Gasteiger partial charge in [-0.1, -0.05) is 11.6 Å². The lowest BCUT2D eigenvalue weighted by molar-refractivity contribution is -0.322. The predicted molar refractivity (Wildman–Crippen MR) is 58.5 cm³/mol. The van der Waals surface area contributed by atoms with Crippen molar-refractivity contribution in [2.75, 3.05) is 25.6 Å². The van der Waals surface area contributed by atoms with E-state index in [4.69, 9.17) is 16.3 Å². The zero-order valence-corrected chi connectivity index (χ0v) is 9.73. The normalized spacial score (nSPS) is 11.4. The van der Waals surface area contributed by atoms with Gasteiger partial charge < -0.3 is 10.1 Å². The number of rotatable bonds is 5. The van der Waals surface area contributed by atoms with Crippen molar-refractivity contribution in [3.63, 3.8) is 0 Å². The molecule has 0 aliphatic heterocycles. The van der Waals surface area contributed by atoms with Crippen LogP contribution in [0.2, 0.25) is 5.02 Å². The highest BCUT2D eigenvalue weighted by Crippen LogP contribution is 2.27. The minimum atomic E-state index is -4.61. The molecule has 0 heterocycles. The standard InChI is InChI=1S/C10H11ClF3NO2/c1-16-9-3-2-7(11)6-8(9)15-4-5-17-10(12,13)14/h2-3,6,15H,4-5H2,1H3. The molecule has 0 spiro atoms. The van der Waals surface area contributed by atoms with E-state index in [1.165, 1.54) is 7.11 Å². The van der Waals surface area contributed by atoms with E-state index in [0.29, 0.717) is 16.5 Å². The quantitative estimate of drug-likeness (QED) is 0.832. The van der Waals surface area contributed by atoms with Crippen molar-refractivity contribution in [2.24, 2.45) is 0 Å². The zero-order chi connectivity index (χ0) is 12.9. The van der Waals surface area contributed by atoms with Crippen molar-refractivity contribution in [3.8, 4) is 5.75 Å². The predicted octanol–water partition coefficient (Wildman–Crippen LogP) is 3.30. The lowest BCUT2D eigenvalue weighted by Crippen LogP contribution is -2.19. The maximum Gasteiger partial charge on any atom is 0.522 e. The van der Waals surface area contributed by atoms with Crippen molar-refractivity contribution in [3.05, 3.63) is 23.2 Å². The molecule has 3 nitrogen and oxygen atoms in total. The summed E-state index contributed by atoms with van der Waals surface area (Å²) in [6, 6.07) is 4.81. The Morgan fingerprint density at radius 2 is 2.06 bits per heavy atom. The summed E-state index contributed by atoms with van der Waals surface area (Å²) in [5.41, 5.74) is 0.519. The number of alkyl halides is 3. The minimum Gasteiger partial charge on any atom is -0.495 e. The monoisotopic (exact) mass is 269 g/mol. The third kappa shape index (κ3) is 5.14. The van der Waals surface area contributed by atoms with Crippen LogP contribution < -0.4 is 10.1 Å². The number of hydrogen-bond acceptors (Lipinski definition) is 3. The van der Waals surface area contributed by atoms with Gasteiger partial charge in [0.15, 0.2) is 0 Å². The number of anilines is 1. The van der Waals surface area contributed by atoms with Crippen LogP contribution in [-0.4, -0.2) is 26.6 Å². The van der Waals surface area contributed by atoms with Crippen LogP contribution in [0.1, 0.15) is 0 Å². The van der Waals surface area contributed by atoms with Gasteiger partial charge in [0.1, 0.15) is 5.75 Å². The molecule has 0 atom stereocenters. The second-order valence-corrected chi connectivity index (χ2v) is 3.50. The summed E-state index contributed by atoms with van der Waals surface area (Å²) in [7, 11) is 1.46. The number of benzene rings is 1. The van der Waals surface area contributed by atoms with Crippen LogP contribution in [0.15, 0.2) is 18.2 Å². The molecule has 0 fully saturated rings. The molecule has 0 saturated heterocycles. The van der Waals surface area contributed by atoms with Crippen molar-refractivity contribution >= 4 is 17.3 Å². The molecule has 7 heteroatoms. The maximum absolute atomic E-state index is 11.7. The fourth-order valence-electron chi connectivity index (χ4n) is 1.17. The molecule has 0 saturated carbocycles. The molecule has 1 aromatic carbocycles. The zero-order valence-electron chi connectivity index (χ0n) is 8.97. The van der Waals surface area contributed by atoms with Crippen LogP contribution >= 0.6 is 11.6 Å². The first kappa shape index (κ1) is 13.9. The SMILES string of the molecule is COc1ccc(Cl)cc1NCCOC(F)(F)F. The van der Waals surface area contributed by atoms with E-state index in [-0.39, 0.29) is 6.54 Å². The van der Waals surface area contributed by atoms with Gasteiger partial charge in [-0.3, -0.25) is 4.74 Å². The summed E-state index contributed by atoms with van der Waals surface area (Å²) in [6.45, 7) is -0.491. The molecule has 0 amide bonds. The van der Waals surface area contributed by atoms with Gasteiger partial charge in [-0.15, -0.1) is 13.2 Å². The van der Waals surface area contributed by atoms with Crippen LogP contribution in [0, 0.1) is 0 Å². The lowest BCUT2D eigenvalue weighted by atomic mass is 10.3. The molecule has 17 heavy (non-hydrogen) atoms. The largest absolute Gasteiger partial charge is 0.522 e. The Hall–Kier alpha value is -1.14. The van der Waals surface area contributed by atoms with Gasteiger partial charge in [0, 0.05) is 11.6 Å². The third-order valence-corrected chi connectivity index (χ3v) is 2.08. The summed E-state index contributed by atoms with van der Waals surface area (Å²) >= 11 is 5.75. The third-order valence-electron chi connectivity index (χ3n) is 1.84. The number of methoxy groups -OCH3 is 1. The minimum absolute atomic E-state index is 0.00376. The first-order valence-electron chi connectivity index (χ1n) is 4.70. The molecule has 96 valence electrons. The molecular weight excluding hydrogens is 259 g/mol. The average molecular weight is 270 g/mol. The molecule has 1 rings (SSSR count). The number of nitrogens with one attached hydrogen (secondary N) is 1. The van der Waals surface area contributed by atoms with Crippen molar-refractivity contribution in [1.29, 1.82) is 0 Å². The highest BCUT2D eigenvalue weighted by molar-refractivity contribution is 6.30. The summed E-state index contributed by atoms with van der Waals surface area (Å²) in [5.74, 6) is 0.501. The first-order chi connectivity index (χ1) is 7.92. The number of halogens is 4. The van der Waals surface area contributed by atoms with Gasteiger partial charge in [0.05, 0.1) is 19.4 Å². The van der Waals surface area contributed by atoms with Crippen LogP contribution in [0.3, 0.4) is 0 Å². The second-order valence-electron chi connectivity index (χ2n) is 3.07. The number of hydrogen-bond donors (Lipinski definition) is 1. The Bertz CT molecular complexity index is 371. The van der Waals surface area contributed by atoms with E-state index in [2.05, 4.69) is 10.1 Å². The fraction of sp³-hybridized carbons (Fsp3) is 0.400. The molecule has 0 bridgehead atoms. The van der Waals surface area contributed by atoms with Crippen molar-refractivity contribution in [2.45, 2.75) is 6.36 Å². The molecule has 1 aromatic rings. The van der Waals surface area contributed by atoms with Crippen molar-refractivity contribution < 1.29 is 22.6 Å². The smallest absolute Gasteiger partial charge is 0.495 e. The molecule has 0 aliphatic carbocycles. The van der Waals surface area contributed by atoms with Gasteiger partial charge in [0.25, 0.3) is 0 Å². The van der Waals surface area contributed by atoms with Crippen LogP contribution in [0.25, 0.3) is 0 Å². The number of ether oxygens (including phenoxy) is 2. The molecule has 0 aliphatic rings. The first-order valence-corrected chi connectivity index (χ1v) is 5.08. The van der Waals surface area contributed by atoms with Crippen LogP contribution in [-0.2, 0) is 4.74 Å². The second kappa shape index (κ2) is 5.97. The highest BCUT2D eigenvalue weighted by Gasteiger charge is 2.28. The van der Waals surface area contributed by atoms with E-state index in [0.717, 1.165) is 0 Å². The maximum atomic E-state index is 11.7. The lowest BCUT2D eigenvalue weighted by Gasteiger charge is -2.12. The topological polar surface area (TPSA) is 30.5 Å². The van der Waals surface area contributed by atoms with E-state index in [1.807, 2.05) is 0 Å². The highest BCUT2D eigenvalue weighted by atomic mass is 35.5. The molecule has 1 N–H and O–H groups in total. The Morgan fingerprint density at radius 3 is 2.65 bits per heavy atom. The van der Waals surface area contributed by atoms with Gasteiger partial charge in [-0.05, 0) is 18.2 Å². The van der Waals surface area contributed by atoms with E-state index >= 15 is 0 Å². The fourth-order valence-corrected chi connectivity index (χ4v) is 1.34. The summed E-state index contributed by atoms with van der Waals surface area (Å²) in [6.07, 6.45) is -4.61. The summed E-state index contributed by atoms with van der Waals surface area (Å²) in [5, 5.41) is 3.21. The van der Waals surface area contributed by atoms with Gasteiger partial charge in [-0.25, -0.2) is 0 Å². The Kier molecular flexibility index (Phi) is 4.89. The molecular formula is C10H11ClF3NO2. The molecule has 0 unspecified atom stereocenters. The average Bonchev–Trinajstić information content (AvgIpc) is 2.23. The van der Waals surface area contributed by atoms with Crippen molar-refractivity contribution in [1.82, 2.24) is 0 Å². The van der Waals surface area contributed by atoms with Crippen LogP contribution in [0.5, 0.6) is 5.75 Å². The Balaban J connectivity index is 2.48. The van der Waals surface area contributed by atoms with Crippen LogP contribution in [0.4, 0.5) is 18.9 Å². The van der Waals surface area contributed by atoms with Gasteiger partial charge >= 0.3 is 6.36 Å². The summed E-state index contributed by atoms with van der Waals surface area (Å²) in [4.78, 5) is 0. The van der Waals surface area contributed by atoms with Gasteiger partial charge in [-0.2, -0.15) is 0 Å². The van der Waals surface area contributed by atoms with E-state index in [1.54, 1.807) is 18.2 Å². The van der Waals surface area contributed by atoms with Gasteiger partial charge in [0.2, 0.25) is 0 Å².